The highest BCUT2D eigenvalue weighted by molar-refractivity contribution is 5.18. The largest absolute Gasteiger partial charge is 0.390 e. The number of hydrogen-bond donors (Lipinski definition) is 2. The molecular weight excluding hydrogens is 236 g/mol. The van der Waals surface area contributed by atoms with Crippen molar-refractivity contribution in [2.45, 2.75) is 58.5 Å². The first-order chi connectivity index (χ1) is 9.40. The quantitative estimate of drug-likeness (QED) is 0.862. The van der Waals surface area contributed by atoms with Crippen molar-refractivity contribution in [3.8, 4) is 0 Å². The molecule has 3 rings (SSSR count). The van der Waals surface area contributed by atoms with Crippen LogP contribution in [0.1, 0.15) is 63.3 Å². The number of aromatic nitrogens is 1. The van der Waals surface area contributed by atoms with E-state index in [0.29, 0.717) is 5.92 Å². The van der Waals surface area contributed by atoms with E-state index in [1.807, 2.05) is 32.0 Å². The molecule has 2 aliphatic rings. The highest BCUT2D eigenvalue weighted by Crippen LogP contribution is 2.38. The first kappa shape index (κ1) is 16.1. The third kappa shape index (κ3) is 6.69. The molecule has 1 saturated heterocycles. The molecule has 2 N–H and O–H groups in total. The number of aliphatic hydroxyl groups is 1. The molecular formula is C16H28N2O. The van der Waals surface area contributed by atoms with E-state index in [0.717, 1.165) is 11.4 Å². The molecule has 108 valence electrons. The number of piperidine rings is 1. The van der Waals surface area contributed by atoms with Gasteiger partial charge in [-0.15, -0.1) is 0 Å². The van der Waals surface area contributed by atoms with Gasteiger partial charge in [0.15, 0.2) is 0 Å². The van der Waals surface area contributed by atoms with Crippen LogP contribution in [0.5, 0.6) is 0 Å². The van der Waals surface area contributed by atoms with Gasteiger partial charge in [-0.05, 0) is 50.9 Å². The topological polar surface area (TPSA) is 45.1 Å². The maximum Gasteiger partial charge on any atom is 0.0853 e. The molecule has 0 spiro atoms. The van der Waals surface area contributed by atoms with Crippen LogP contribution in [0.3, 0.4) is 0 Å². The van der Waals surface area contributed by atoms with E-state index in [4.69, 9.17) is 5.11 Å². The van der Waals surface area contributed by atoms with Gasteiger partial charge >= 0.3 is 0 Å². The van der Waals surface area contributed by atoms with Crippen LogP contribution in [-0.2, 0) is 6.61 Å². The lowest BCUT2D eigenvalue weighted by Crippen LogP contribution is -2.21. The van der Waals surface area contributed by atoms with Gasteiger partial charge in [-0.25, -0.2) is 0 Å². The molecule has 1 aliphatic carbocycles. The molecule has 19 heavy (non-hydrogen) atoms. The van der Waals surface area contributed by atoms with Crippen molar-refractivity contribution in [2.75, 3.05) is 13.1 Å². The monoisotopic (exact) mass is 264 g/mol. The second-order valence-corrected chi connectivity index (χ2v) is 4.80. The Morgan fingerprint density at radius 3 is 2.26 bits per heavy atom. The number of pyridine rings is 1. The van der Waals surface area contributed by atoms with Gasteiger partial charge in [0.25, 0.3) is 0 Å². The molecule has 3 heteroatoms. The first-order valence-electron chi connectivity index (χ1n) is 7.67. The predicted octanol–water partition coefficient (Wildman–Crippen LogP) is 3.24. The Bertz CT molecular complexity index is 322. The molecule has 1 aromatic heterocycles. The van der Waals surface area contributed by atoms with Crippen molar-refractivity contribution >= 4 is 0 Å². The summed E-state index contributed by atoms with van der Waals surface area (Å²) in [5, 5.41) is 12.1. The summed E-state index contributed by atoms with van der Waals surface area (Å²) in [7, 11) is 0. The lowest BCUT2D eigenvalue weighted by atomic mass is 10.2. The third-order valence-electron chi connectivity index (χ3n) is 3.19. The van der Waals surface area contributed by atoms with E-state index >= 15 is 0 Å². The maximum atomic E-state index is 8.80. The molecule has 2 heterocycles. The van der Waals surface area contributed by atoms with Crippen LogP contribution in [0.4, 0.5) is 0 Å². The number of hydrogen-bond acceptors (Lipinski definition) is 3. The Labute approximate surface area is 117 Å². The molecule has 0 aromatic carbocycles. The number of aliphatic hydroxyl groups excluding tert-OH is 1. The minimum atomic E-state index is 0.0561. The van der Waals surface area contributed by atoms with Gasteiger partial charge in [-0.3, -0.25) is 4.98 Å². The van der Waals surface area contributed by atoms with E-state index in [2.05, 4.69) is 10.3 Å². The number of nitrogens with one attached hydrogen (secondary N) is 1. The van der Waals surface area contributed by atoms with Crippen molar-refractivity contribution in [1.29, 1.82) is 0 Å². The molecule has 3 nitrogen and oxygen atoms in total. The second kappa shape index (κ2) is 9.93. The molecule has 0 atom stereocenters. The molecule has 0 amide bonds. The molecule has 0 unspecified atom stereocenters. The van der Waals surface area contributed by atoms with Gasteiger partial charge in [-0.2, -0.15) is 0 Å². The van der Waals surface area contributed by atoms with Crippen molar-refractivity contribution in [1.82, 2.24) is 10.3 Å². The average Bonchev–Trinajstić information content (AvgIpc) is 3.37. The lowest BCUT2D eigenvalue weighted by molar-refractivity contribution is 0.276. The van der Waals surface area contributed by atoms with Crippen LogP contribution < -0.4 is 5.32 Å². The molecule has 1 saturated carbocycles. The van der Waals surface area contributed by atoms with Crippen molar-refractivity contribution in [2.24, 2.45) is 0 Å². The van der Waals surface area contributed by atoms with Gasteiger partial charge < -0.3 is 10.4 Å². The van der Waals surface area contributed by atoms with Gasteiger partial charge in [0, 0.05) is 11.6 Å². The van der Waals surface area contributed by atoms with E-state index in [9.17, 15) is 0 Å². The zero-order valence-corrected chi connectivity index (χ0v) is 12.4. The molecule has 1 aliphatic heterocycles. The Morgan fingerprint density at radius 2 is 1.84 bits per heavy atom. The Balaban J connectivity index is 0.000000192. The molecule has 0 radical (unpaired) electrons. The van der Waals surface area contributed by atoms with Crippen LogP contribution >= 0.6 is 0 Å². The summed E-state index contributed by atoms with van der Waals surface area (Å²) in [5.74, 6) is 0.682. The van der Waals surface area contributed by atoms with Crippen molar-refractivity contribution in [3.05, 3.63) is 29.6 Å². The minimum Gasteiger partial charge on any atom is -0.390 e. The maximum absolute atomic E-state index is 8.80. The molecule has 2 fully saturated rings. The normalized spacial score (nSPS) is 17.6. The summed E-state index contributed by atoms with van der Waals surface area (Å²) in [4.78, 5) is 4.30. The summed E-state index contributed by atoms with van der Waals surface area (Å²) in [5.41, 5.74) is 1.94. The van der Waals surface area contributed by atoms with Crippen LogP contribution in [0.2, 0.25) is 0 Å². The standard InChI is InChI=1S/C9H11NO.C5H11N.C2H6/c11-6-8-2-1-3-9(10-8)7-4-5-7;1-2-4-6-5-3-1;1-2/h1-3,7,11H,4-6H2;6H,1-5H2;1-2H3. The van der Waals surface area contributed by atoms with Crippen LogP contribution in [0.25, 0.3) is 0 Å². The predicted molar refractivity (Wildman–Crippen MR) is 80.2 cm³/mol. The zero-order valence-electron chi connectivity index (χ0n) is 12.4. The first-order valence-corrected chi connectivity index (χ1v) is 7.67. The van der Waals surface area contributed by atoms with Crippen LogP contribution in [-0.4, -0.2) is 23.2 Å². The lowest BCUT2D eigenvalue weighted by Gasteiger charge is -2.08. The summed E-state index contributed by atoms with van der Waals surface area (Å²) in [6.45, 7) is 6.56. The van der Waals surface area contributed by atoms with Gasteiger partial charge in [0.1, 0.15) is 0 Å². The summed E-state index contributed by atoms with van der Waals surface area (Å²) < 4.78 is 0. The fourth-order valence-electron chi connectivity index (χ4n) is 1.99. The fraction of sp³-hybridized carbons (Fsp3) is 0.688. The van der Waals surface area contributed by atoms with Gasteiger partial charge in [0.2, 0.25) is 0 Å². The Hall–Kier alpha value is -0.930. The zero-order chi connectivity index (χ0) is 13.9. The Morgan fingerprint density at radius 1 is 1.16 bits per heavy atom. The average molecular weight is 264 g/mol. The molecule has 0 bridgehead atoms. The van der Waals surface area contributed by atoms with E-state index in [-0.39, 0.29) is 6.61 Å². The number of nitrogens with zero attached hydrogens (tertiary/aromatic N) is 1. The van der Waals surface area contributed by atoms with E-state index < -0.39 is 0 Å². The van der Waals surface area contributed by atoms with Gasteiger partial charge in [0.05, 0.1) is 12.3 Å². The van der Waals surface area contributed by atoms with Crippen molar-refractivity contribution in [3.63, 3.8) is 0 Å². The third-order valence-corrected chi connectivity index (χ3v) is 3.19. The molecule has 1 aromatic rings. The Kier molecular flexibility index (Phi) is 8.43. The van der Waals surface area contributed by atoms with E-state index in [1.54, 1.807) is 0 Å². The van der Waals surface area contributed by atoms with Crippen molar-refractivity contribution < 1.29 is 5.11 Å². The SMILES string of the molecule is C1CCNCC1.CC.OCc1cccc(C2CC2)n1. The summed E-state index contributed by atoms with van der Waals surface area (Å²) >= 11 is 0. The smallest absolute Gasteiger partial charge is 0.0853 e. The number of rotatable bonds is 2. The van der Waals surface area contributed by atoms with E-state index in [1.165, 1.54) is 45.2 Å². The summed E-state index contributed by atoms with van der Waals surface area (Å²) in [6.07, 6.45) is 6.75. The second-order valence-electron chi connectivity index (χ2n) is 4.80. The highest BCUT2D eigenvalue weighted by Gasteiger charge is 2.24. The van der Waals surface area contributed by atoms with Crippen LogP contribution in [0.15, 0.2) is 18.2 Å². The van der Waals surface area contributed by atoms with Crippen LogP contribution in [0, 0.1) is 0 Å². The fourth-order valence-corrected chi connectivity index (χ4v) is 1.99. The summed E-state index contributed by atoms with van der Waals surface area (Å²) in [6, 6.07) is 5.86. The van der Waals surface area contributed by atoms with Gasteiger partial charge in [-0.1, -0.05) is 26.3 Å². The highest BCUT2D eigenvalue weighted by atomic mass is 16.3. The minimum absolute atomic E-state index is 0.0561.